The highest BCUT2D eigenvalue weighted by molar-refractivity contribution is 5.72. The Labute approximate surface area is 92.3 Å². The molecule has 0 saturated heterocycles. The van der Waals surface area contributed by atoms with E-state index in [1.54, 1.807) is 0 Å². The molecule has 1 rings (SSSR count). The molecular weight excluding hydrogens is 186 g/mol. The highest BCUT2D eigenvalue weighted by Crippen LogP contribution is 2.20. The number of carbonyl (C=O) groups is 1. The fourth-order valence-corrected chi connectivity index (χ4v) is 1.91. The first-order valence-electron chi connectivity index (χ1n) is 5.75. The summed E-state index contributed by atoms with van der Waals surface area (Å²) in [7, 11) is 0. The molecule has 0 aromatic carbocycles. The second-order valence-electron chi connectivity index (χ2n) is 4.59. The van der Waals surface area contributed by atoms with Gasteiger partial charge < -0.3 is 4.57 Å². The quantitative estimate of drug-likeness (QED) is 0.678. The maximum atomic E-state index is 10.9. The fourth-order valence-electron chi connectivity index (χ4n) is 1.91. The zero-order valence-corrected chi connectivity index (χ0v) is 10.2. The normalized spacial score (nSPS) is 13.1. The summed E-state index contributed by atoms with van der Waals surface area (Å²) in [4.78, 5) is 10.9. The average Bonchev–Trinajstić information content (AvgIpc) is 2.58. The number of nitrogens with zero attached hydrogens (tertiary/aromatic N) is 1. The summed E-state index contributed by atoms with van der Waals surface area (Å²) in [5.74, 6) is 0.627. The van der Waals surface area contributed by atoms with Gasteiger partial charge in [0.25, 0.3) is 0 Å². The molecule has 1 heterocycles. The highest BCUT2D eigenvalue weighted by Gasteiger charge is 2.12. The molecule has 0 amide bonds. The Morgan fingerprint density at radius 1 is 1.33 bits per heavy atom. The first-order chi connectivity index (χ1) is 7.10. The van der Waals surface area contributed by atoms with E-state index in [2.05, 4.69) is 38.3 Å². The lowest BCUT2D eigenvalue weighted by Crippen LogP contribution is -2.12. The lowest BCUT2D eigenvalue weighted by Gasteiger charge is -2.18. The van der Waals surface area contributed by atoms with Gasteiger partial charge in [0, 0.05) is 11.7 Å². The van der Waals surface area contributed by atoms with Gasteiger partial charge in [-0.1, -0.05) is 20.8 Å². The Morgan fingerprint density at radius 2 is 2.00 bits per heavy atom. The van der Waals surface area contributed by atoms with Crippen LogP contribution in [0.3, 0.4) is 0 Å². The molecule has 1 unspecified atom stereocenters. The number of aldehydes is 1. The van der Waals surface area contributed by atoms with E-state index in [-0.39, 0.29) is 0 Å². The Morgan fingerprint density at radius 3 is 2.47 bits per heavy atom. The summed E-state index contributed by atoms with van der Waals surface area (Å²) in [6.45, 7) is 8.72. The lowest BCUT2D eigenvalue weighted by molar-refractivity contribution is 0.111. The van der Waals surface area contributed by atoms with Gasteiger partial charge in [0.15, 0.2) is 6.29 Å². The van der Waals surface area contributed by atoms with Crippen LogP contribution in [-0.2, 0) is 6.42 Å². The van der Waals surface area contributed by atoms with Gasteiger partial charge >= 0.3 is 0 Å². The van der Waals surface area contributed by atoms with Crippen molar-refractivity contribution >= 4 is 6.29 Å². The maximum Gasteiger partial charge on any atom is 0.166 e. The van der Waals surface area contributed by atoms with Crippen LogP contribution < -0.4 is 0 Å². The van der Waals surface area contributed by atoms with Crippen LogP contribution in [0.15, 0.2) is 12.1 Å². The predicted molar refractivity (Wildman–Crippen MR) is 63.4 cm³/mol. The van der Waals surface area contributed by atoms with Crippen LogP contribution in [0.1, 0.15) is 56.3 Å². The van der Waals surface area contributed by atoms with Gasteiger partial charge in [-0.05, 0) is 37.8 Å². The van der Waals surface area contributed by atoms with Crippen molar-refractivity contribution in [2.24, 2.45) is 5.92 Å². The molecule has 1 atom stereocenters. The van der Waals surface area contributed by atoms with Crippen LogP contribution in [0, 0.1) is 5.92 Å². The third kappa shape index (κ3) is 2.71. The molecule has 15 heavy (non-hydrogen) atoms. The molecule has 0 fully saturated rings. The average molecular weight is 207 g/mol. The van der Waals surface area contributed by atoms with Crippen LogP contribution in [0.2, 0.25) is 0 Å². The van der Waals surface area contributed by atoms with Gasteiger partial charge in [-0.15, -0.1) is 0 Å². The van der Waals surface area contributed by atoms with Gasteiger partial charge in [-0.3, -0.25) is 4.79 Å². The van der Waals surface area contributed by atoms with Gasteiger partial charge in [-0.2, -0.15) is 0 Å². The lowest BCUT2D eigenvalue weighted by atomic mass is 10.1. The predicted octanol–water partition coefficient (Wildman–Crippen LogP) is 3.47. The van der Waals surface area contributed by atoms with Crippen molar-refractivity contribution < 1.29 is 4.79 Å². The molecular formula is C13H21NO. The Kier molecular flexibility index (Phi) is 4.13. The van der Waals surface area contributed by atoms with Crippen molar-refractivity contribution in [1.82, 2.24) is 4.57 Å². The second-order valence-corrected chi connectivity index (χ2v) is 4.59. The number of aromatic nitrogens is 1. The van der Waals surface area contributed by atoms with E-state index < -0.39 is 0 Å². The molecule has 1 aromatic heterocycles. The van der Waals surface area contributed by atoms with Crippen LogP contribution in [0.4, 0.5) is 0 Å². The number of hydrogen-bond acceptors (Lipinski definition) is 1. The van der Waals surface area contributed by atoms with Crippen LogP contribution in [0.25, 0.3) is 0 Å². The van der Waals surface area contributed by atoms with Crippen LogP contribution >= 0.6 is 0 Å². The topological polar surface area (TPSA) is 22.0 Å². The Bertz CT molecular complexity index is 325. The van der Waals surface area contributed by atoms with E-state index in [1.165, 1.54) is 5.69 Å². The largest absolute Gasteiger partial charge is 0.340 e. The van der Waals surface area contributed by atoms with Crippen LogP contribution in [-0.4, -0.2) is 10.9 Å². The molecule has 1 aromatic rings. The molecule has 0 aliphatic carbocycles. The zero-order chi connectivity index (χ0) is 11.4. The third-order valence-electron chi connectivity index (χ3n) is 2.80. The maximum absolute atomic E-state index is 10.9. The van der Waals surface area contributed by atoms with E-state index in [9.17, 15) is 4.79 Å². The standard InChI is InChI=1S/C13H21NO/c1-5-11(4)14-12(8-10(2)3)6-7-13(14)9-15/h6-7,9-11H,5,8H2,1-4H3. The van der Waals surface area contributed by atoms with Gasteiger partial charge in [-0.25, -0.2) is 0 Å². The van der Waals surface area contributed by atoms with Crippen molar-refractivity contribution in [3.05, 3.63) is 23.5 Å². The number of hydrogen-bond donors (Lipinski definition) is 0. The Hall–Kier alpha value is -1.05. The molecule has 0 radical (unpaired) electrons. The summed E-state index contributed by atoms with van der Waals surface area (Å²) < 4.78 is 2.17. The van der Waals surface area contributed by atoms with Crippen molar-refractivity contribution in [3.8, 4) is 0 Å². The molecule has 0 saturated carbocycles. The van der Waals surface area contributed by atoms with Crippen molar-refractivity contribution in [3.63, 3.8) is 0 Å². The van der Waals surface area contributed by atoms with Crippen LogP contribution in [0.5, 0.6) is 0 Å². The summed E-state index contributed by atoms with van der Waals surface area (Å²) in [6, 6.07) is 4.42. The SMILES string of the molecule is CCC(C)n1c(C=O)ccc1CC(C)C. The van der Waals surface area contributed by atoms with E-state index in [4.69, 9.17) is 0 Å². The zero-order valence-electron chi connectivity index (χ0n) is 10.2. The minimum absolute atomic E-state index is 0.411. The smallest absolute Gasteiger partial charge is 0.166 e. The number of carbonyl (C=O) groups excluding carboxylic acids is 1. The second kappa shape index (κ2) is 5.15. The fraction of sp³-hybridized carbons (Fsp3) is 0.615. The van der Waals surface area contributed by atoms with Crippen molar-refractivity contribution in [2.75, 3.05) is 0 Å². The Balaban J connectivity index is 3.05. The minimum Gasteiger partial charge on any atom is -0.340 e. The number of rotatable bonds is 5. The van der Waals surface area contributed by atoms with Gasteiger partial charge in [0.05, 0.1) is 5.69 Å². The molecule has 2 nitrogen and oxygen atoms in total. The molecule has 0 bridgehead atoms. The molecule has 0 aliphatic heterocycles. The first kappa shape index (κ1) is 12.0. The van der Waals surface area contributed by atoms with Gasteiger partial charge in [0.1, 0.15) is 0 Å². The summed E-state index contributed by atoms with van der Waals surface area (Å²) in [6.07, 6.45) is 3.05. The summed E-state index contributed by atoms with van der Waals surface area (Å²) in [5.41, 5.74) is 2.08. The monoisotopic (exact) mass is 207 g/mol. The molecule has 0 aliphatic rings. The minimum atomic E-state index is 0.411. The molecule has 84 valence electrons. The molecule has 0 spiro atoms. The van der Waals surface area contributed by atoms with Crippen molar-refractivity contribution in [2.45, 2.75) is 46.6 Å². The molecule has 2 heteroatoms. The van der Waals surface area contributed by atoms with Gasteiger partial charge in [0.2, 0.25) is 0 Å². The highest BCUT2D eigenvalue weighted by atomic mass is 16.1. The summed E-state index contributed by atoms with van der Waals surface area (Å²) in [5, 5.41) is 0. The van der Waals surface area contributed by atoms with E-state index in [1.807, 2.05) is 6.07 Å². The van der Waals surface area contributed by atoms with E-state index in [0.717, 1.165) is 24.8 Å². The van der Waals surface area contributed by atoms with E-state index in [0.29, 0.717) is 12.0 Å². The van der Waals surface area contributed by atoms with Crippen molar-refractivity contribution in [1.29, 1.82) is 0 Å². The van der Waals surface area contributed by atoms with E-state index >= 15 is 0 Å². The first-order valence-corrected chi connectivity index (χ1v) is 5.75. The summed E-state index contributed by atoms with van der Waals surface area (Å²) >= 11 is 0. The third-order valence-corrected chi connectivity index (χ3v) is 2.80. The molecule has 0 N–H and O–H groups in total.